The lowest BCUT2D eigenvalue weighted by molar-refractivity contribution is -0.119. The summed E-state index contributed by atoms with van der Waals surface area (Å²) in [5, 5.41) is 4.51. The number of pyridine rings is 2. The lowest BCUT2D eigenvalue weighted by Gasteiger charge is -2.15. The van der Waals surface area contributed by atoms with Crippen LogP contribution >= 0.6 is 0 Å². The molecule has 1 saturated carbocycles. The highest BCUT2D eigenvalue weighted by Crippen LogP contribution is 2.58. The molecule has 1 fully saturated rings. The zero-order valence-electron chi connectivity index (χ0n) is 22.8. The Morgan fingerprint density at radius 2 is 1.93 bits per heavy atom. The van der Waals surface area contributed by atoms with E-state index in [1.807, 2.05) is 37.2 Å². The summed E-state index contributed by atoms with van der Waals surface area (Å²) < 4.78 is 39.9. The molecule has 4 aromatic rings. The molecule has 1 aliphatic heterocycles. The smallest absolute Gasteiger partial charge is 0.267 e. The molecule has 11 nitrogen and oxygen atoms in total. The van der Waals surface area contributed by atoms with Crippen molar-refractivity contribution in [3.05, 3.63) is 54.2 Å². The Balaban J connectivity index is 1.40. The third-order valence-electron chi connectivity index (χ3n) is 7.57. The van der Waals surface area contributed by atoms with Gasteiger partial charge in [0.1, 0.15) is 10.6 Å². The van der Waals surface area contributed by atoms with E-state index in [2.05, 4.69) is 19.8 Å². The molecule has 0 unspecified atom stereocenters. The molecule has 0 atom stereocenters. The molecule has 4 heterocycles. The van der Waals surface area contributed by atoms with Gasteiger partial charge in [-0.2, -0.15) is 0 Å². The first kappa shape index (κ1) is 26.2. The fraction of sp³-hybridized carbons (Fsp3) is 0.357. The molecule has 0 bridgehead atoms. The number of hydrogen-bond donors (Lipinski definition) is 1. The number of likely N-dealkylation sites (N-methyl/N-ethyl adjacent to an activating group) is 1. The van der Waals surface area contributed by atoms with Crippen molar-refractivity contribution in [1.29, 1.82) is 0 Å². The second-order valence-corrected chi connectivity index (χ2v) is 12.3. The highest BCUT2D eigenvalue weighted by atomic mass is 32.2. The molecule has 1 aromatic carbocycles. The van der Waals surface area contributed by atoms with Crippen LogP contribution in [0, 0.1) is 6.92 Å². The summed E-state index contributed by atoms with van der Waals surface area (Å²) in [4.78, 5) is 25.8. The molecule has 1 amide bonds. The molecule has 0 radical (unpaired) electrons. The first-order valence-electron chi connectivity index (χ1n) is 13.0. The van der Waals surface area contributed by atoms with Crippen molar-refractivity contribution in [2.75, 3.05) is 43.9 Å². The number of aromatic nitrogens is 3. The fourth-order valence-electron chi connectivity index (χ4n) is 5.34. The summed E-state index contributed by atoms with van der Waals surface area (Å²) >= 11 is 0. The standard InChI is InChI=1S/C28H30N6O5S/c1-17-24(16-31-39-17)40(36,37)32-22-13-19(14-30-26(22)38-11-5-10-33(2)3)18-6-7-21-20(12-18)25-23(15-29-21)34(4)27(35)28(25)8-9-28/h6-7,12-16,32H,5,8-11H2,1-4H3. The predicted octanol–water partition coefficient (Wildman–Crippen LogP) is 3.73. The molecule has 1 aliphatic carbocycles. The maximum absolute atomic E-state index is 13.2. The number of nitrogens with one attached hydrogen (secondary N) is 1. The number of carbonyl (C=O) groups is 1. The van der Waals surface area contributed by atoms with Crippen LogP contribution in [-0.2, 0) is 20.2 Å². The van der Waals surface area contributed by atoms with Gasteiger partial charge in [-0.1, -0.05) is 11.2 Å². The highest BCUT2D eigenvalue weighted by molar-refractivity contribution is 7.92. The van der Waals surface area contributed by atoms with Crippen molar-refractivity contribution < 1.29 is 22.5 Å². The lowest BCUT2D eigenvalue weighted by Crippen LogP contribution is -2.28. The van der Waals surface area contributed by atoms with E-state index in [4.69, 9.17) is 9.26 Å². The summed E-state index contributed by atoms with van der Waals surface area (Å²) in [6.07, 6.45) is 6.97. The van der Waals surface area contributed by atoms with E-state index in [1.54, 1.807) is 30.4 Å². The minimum atomic E-state index is -4.02. The number of fused-ring (bicyclic) bond motifs is 4. The average molecular weight is 563 g/mol. The summed E-state index contributed by atoms with van der Waals surface area (Å²) in [5.41, 5.74) is 3.89. The topological polar surface area (TPSA) is 131 Å². The Morgan fingerprint density at radius 3 is 2.62 bits per heavy atom. The van der Waals surface area contributed by atoms with E-state index in [1.165, 1.54) is 6.92 Å². The number of anilines is 2. The third-order valence-corrected chi connectivity index (χ3v) is 9.03. The highest BCUT2D eigenvalue weighted by Gasteiger charge is 2.59. The van der Waals surface area contributed by atoms with Crippen molar-refractivity contribution in [2.24, 2.45) is 0 Å². The molecule has 3 aromatic heterocycles. The second kappa shape index (κ2) is 9.56. The zero-order chi connectivity index (χ0) is 28.2. The summed E-state index contributed by atoms with van der Waals surface area (Å²) in [6.45, 7) is 2.71. The van der Waals surface area contributed by atoms with Crippen LogP contribution in [0.5, 0.6) is 5.88 Å². The number of hydrogen-bond acceptors (Lipinski definition) is 9. The van der Waals surface area contributed by atoms with Crippen LogP contribution in [-0.4, -0.2) is 68.6 Å². The maximum atomic E-state index is 13.2. The Kier molecular flexibility index (Phi) is 6.26. The minimum Gasteiger partial charge on any atom is -0.476 e. The van der Waals surface area contributed by atoms with E-state index < -0.39 is 15.4 Å². The number of aryl methyl sites for hydroxylation is 1. The second-order valence-electron chi connectivity index (χ2n) is 10.6. The molecule has 1 N–H and O–H groups in total. The van der Waals surface area contributed by atoms with E-state index in [9.17, 15) is 13.2 Å². The average Bonchev–Trinajstić information content (AvgIpc) is 3.55. The molecule has 1 spiro atoms. The number of nitrogens with zero attached hydrogens (tertiary/aromatic N) is 5. The van der Waals surface area contributed by atoms with Crippen molar-refractivity contribution in [2.45, 2.75) is 36.5 Å². The summed E-state index contributed by atoms with van der Waals surface area (Å²) in [6, 6.07) is 7.54. The Bertz CT molecular complexity index is 1750. The number of benzene rings is 1. The number of sulfonamides is 1. The molecule has 0 saturated heterocycles. The van der Waals surface area contributed by atoms with E-state index in [0.29, 0.717) is 12.2 Å². The molecule has 2 aliphatic rings. The van der Waals surface area contributed by atoms with E-state index >= 15 is 0 Å². The summed E-state index contributed by atoms with van der Waals surface area (Å²) in [7, 11) is 1.73. The van der Waals surface area contributed by atoms with E-state index in [-0.39, 0.29) is 28.1 Å². The van der Waals surface area contributed by atoms with Gasteiger partial charge in [-0.15, -0.1) is 0 Å². The van der Waals surface area contributed by atoms with Crippen LogP contribution in [0.4, 0.5) is 11.4 Å². The van der Waals surface area contributed by atoms with Gasteiger partial charge in [-0.25, -0.2) is 13.4 Å². The molecule has 208 valence electrons. The van der Waals surface area contributed by atoms with Crippen LogP contribution in [0.1, 0.15) is 30.6 Å². The number of ether oxygens (including phenoxy) is 1. The quantitative estimate of drug-likeness (QED) is 0.303. The van der Waals surface area contributed by atoms with Gasteiger partial charge in [0.05, 0.1) is 35.6 Å². The van der Waals surface area contributed by atoms with Crippen LogP contribution in [0.25, 0.3) is 22.0 Å². The Morgan fingerprint density at radius 1 is 1.12 bits per heavy atom. The first-order valence-corrected chi connectivity index (χ1v) is 14.5. The van der Waals surface area contributed by atoms with Crippen molar-refractivity contribution in [3.63, 3.8) is 0 Å². The zero-order valence-corrected chi connectivity index (χ0v) is 23.6. The number of rotatable bonds is 9. The Labute approximate surface area is 232 Å². The molecular formula is C28H30N6O5S. The Hall–Kier alpha value is -4.03. The van der Waals surface area contributed by atoms with Gasteiger partial charge in [0.2, 0.25) is 11.8 Å². The van der Waals surface area contributed by atoms with Crippen LogP contribution < -0.4 is 14.4 Å². The SMILES string of the molecule is Cc1oncc1S(=O)(=O)Nc1cc(-c2ccc3ncc4c(c3c2)C2(CC2)C(=O)N4C)cnc1OCCCN(C)C. The lowest BCUT2D eigenvalue weighted by atomic mass is 9.92. The monoisotopic (exact) mass is 562 g/mol. The normalized spacial score (nSPS) is 15.7. The van der Waals surface area contributed by atoms with Crippen molar-refractivity contribution >= 4 is 38.2 Å². The van der Waals surface area contributed by atoms with Gasteiger partial charge in [-0.3, -0.25) is 14.5 Å². The van der Waals surface area contributed by atoms with Crippen molar-refractivity contribution in [1.82, 2.24) is 20.0 Å². The molecule has 6 rings (SSSR count). The third kappa shape index (κ3) is 4.37. The largest absolute Gasteiger partial charge is 0.476 e. The minimum absolute atomic E-state index is 0.0627. The molecule has 12 heteroatoms. The van der Waals surface area contributed by atoms with Gasteiger partial charge in [0, 0.05) is 36.3 Å². The van der Waals surface area contributed by atoms with Gasteiger partial charge >= 0.3 is 0 Å². The number of carbonyl (C=O) groups excluding carboxylic acids is 1. The van der Waals surface area contributed by atoms with Gasteiger partial charge in [0.25, 0.3) is 10.0 Å². The van der Waals surface area contributed by atoms with Gasteiger partial charge < -0.3 is 19.1 Å². The van der Waals surface area contributed by atoms with Crippen LogP contribution in [0.15, 0.2) is 52.3 Å². The van der Waals surface area contributed by atoms with Crippen LogP contribution in [0.3, 0.4) is 0 Å². The van der Waals surface area contributed by atoms with Crippen molar-refractivity contribution in [3.8, 4) is 17.0 Å². The molecule has 40 heavy (non-hydrogen) atoms. The number of amides is 1. The predicted molar refractivity (Wildman–Crippen MR) is 150 cm³/mol. The fourth-order valence-corrected chi connectivity index (χ4v) is 6.48. The van der Waals surface area contributed by atoms with Crippen LogP contribution in [0.2, 0.25) is 0 Å². The first-order chi connectivity index (χ1) is 19.1. The van der Waals surface area contributed by atoms with Gasteiger partial charge in [0.15, 0.2) is 5.76 Å². The molecular weight excluding hydrogens is 532 g/mol. The summed E-state index contributed by atoms with van der Waals surface area (Å²) in [5.74, 6) is 0.461. The van der Waals surface area contributed by atoms with E-state index in [0.717, 1.165) is 59.7 Å². The van der Waals surface area contributed by atoms with Gasteiger partial charge in [-0.05, 0) is 64.0 Å². The maximum Gasteiger partial charge on any atom is 0.267 e.